The number of methoxy groups -OCH3 is 1. The average molecular weight is 201 g/mol. The summed E-state index contributed by atoms with van der Waals surface area (Å²) in [5, 5.41) is 9.77. The maximum absolute atomic E-state index is 11.2. The number of rotatable bonds is 3. The third-order valence-corrected chi connectivity index (χ3v) is 3.14. The Labute approximate surface area is 84.8 Å². The molecular formula is C10H19NO3. The number of aliphatic hydroxyl groups is 1. The second-order valence-corrected chi connectivity index (χ2v) is 3.90. The molecule has 3 atom stereocenters. The summed E-state index contributed by atoms with van der Waals surface area (Å²) >= 11 is 0. The van der Waals surface area contributed by atoms with Gasteiger partial charge < -0.3 is 9.84 Å². The van der Waals surface area contributed by atoms with Crippen LogP contribution in [0.5, 0.6) is 0 Å². The Bertz CT molecular complexity index is 208. The molecule has 1 saturated heterocycles. The fourth-order valence-corrected chi connectivity index (χ4v) is 2.25. The lowest BCUT2D eigenvalue weighted by Gasteiger charge is -2.27. The highest BCUT2D eigenvalue weighted by Crippen LogP contribution is 2.28. The predicted octanol–water partition coefficient (Wildman–Crippen LogP) is 0.251. The van der Waals surface area contributed by atoms with Crippen LogP contribution in [0.15, 0.2) is 0 Å². The largest absolute Gasteiger partial charge is 0.467 e. The summed E-state index contributed by atoms with van der Waals surface area (Å²) in [6, 6.07) is -0.0764. The fourth-order valence-electron chi connectivity index (χ4n) is 2.25. The SMILES string of the molecule is CC[C@@H]1CCN(C)[C@@H]1C(O)C(=O)OC. The molecule has 0 aromatic carbocycles. The number of nitrogens with zero attached hydrogens (tertiary/aromatic N) is 1. The van der Waals surface area contributed by atoms with E-state index in [0.29, 0.717) is 5.92 Å². The molecular weight excluding hydrogens is 182 g/mol. The van der Waals surface area contributed by atoms with E-state index in [1.54, 1.807) is 0 Å². The highest BCUT2D eigenvalue weighted by atomic mass is 16.5. The molecule has 1 N–H and O–H groups in total. The summed E-state index contributed by atoms with van der Waals surface area (Å²) in [4.78, 5) is 13.2. The Morgan fingerprint density at radius 1 is 1.71 bits per heavy atom. The predicted molar refractivity (Wildman–Crippen MR) is 52.8 cm³/mol. The van der Waals surface area contributed by atoms with Crippen molar-refractivity contribution in [1.82, 2.24) is 4.90 Å². The molecule has 0 spiro atoms. The molecule has 1 fully saturated rings. The summed E-state index contributed by atoms with van der Waals surface area (Å²) in [6.45, 7) is 3.03. The number of hydrogen-bond donors (Lipinski definition) is 1. The van der Waals surface area contributed by atoms with Crippen molar-refractivity contribution >= 4 is 5.97 Å². The van der Waals surface area contributed by atoms with E-state index in [2.05, 4.69) is 11.7 Å². The molecule has 4 nitrogen and oxygen atoms in total. The zero-order chi connectivity index (χ0) is 10.7. The molecule has 1 unspecified atom stereocenters. The van der Waals surface area contributed by atoms with Gasteiger partial charge in [0, 0.05) is 6.04 Å². The normalized spacial score (nSPS) is 30.3. The van der Waals surface area contributed by atoms with Gasteiger partial charge in [-0.3, -0.25) is 4.90 Å². The van der Waals surface area contributed by atoms with Crippen LogP contribution in [0.25, 0.3) is 0 Å². The Morgan fingerprint density at radius 3 is 2.86 bits per heavy atom. The van der Waals surface area contributed by atoms with Gasteiger partial charge in [0.25, 0.3) is 0 Å². The summed E-state index contributed by atoms with van der Waals surface area (Å²) in [5.74, 6) is -0.128. The van der Waals surface area contributed by atoms with Gasteiger partial charge in [-0.05, 0) is 25.9 Å². The number of likely N-dealkylation sites (N-methyl/N-ethyl adjacent to an activating group) is 1. The Balaban J connectivity index is 2.67. The minimum Gasteiger partial charge on any atom is -0.467 e. The first-order valence-electron chi connectivity index (χ1n) is 5.08. The molecule has 0 aromatic heterocycles. The van der Waals surface area contributed by atoms with Crippen molar-refractivity contribution in [3.63, 3.8) is 0 Å². The first kappa shape index (κ1) is 11.5. The van der Waals surface area contributed by atoms with Gasteiger partial charge in [-0.2, -0.15) is 0 Å². The van der Waals surface area contributed by atoms with E-state index in [-0.39, 0.29) is 6.04 Å². The molecule has 1 aliphatic rings. The van der Waals surface area contributed by atoms with E-state index in [4.69, 9.17) is 0 Å². The van der Waals surface area contributed by atoms with Crippen LogP contribution >= 0.6 is 0 Å². The minimum absolute atomic E-state index is 0.0764. The number of likely N-dealkylation sites (tertiary alicyclic amines) is 1. The minimum atomic E-state index is -1.00. The van der Waals surface area contributed by atoms with Crippen LogP contribution in [0.2, 0.25) is 0 Å². The maximum atomic E-state index is 11.2. The van der Waals surface area contributed by atoms with Crippen molar-refractivity contribution in [3.05, 3.63) is 0 Å². The molecule has 0 saturated carbocycles. The van der Waals surface area contributed by atoms with E-state index in [1.807, 2.05) is 11.9 Å². The van der Waals surface area contributed by atoms with Crippen LogP contribution in [0, 0.1) is 5.92 Å². The first-order chi connectivity index (χ1) is 6.61. The molecule has 0 radical (unpaired) electrons. The van der Waals surface area contributed by atoms with Crippen molar-refractivity contribution in [3.8, 4) is 0 Å². The van der Waals surface area contributed by atoms with Crippen molar-refractivity contribution < 1.29 is 14.6 Å². The van der Waals surface area contributed by atoms with E-state index < -0.39 is 12.1 Å². The van der Waals surface area contributed by atoms with Gasteiger partial charge in [0.1, 0.15) is 0 Å². The van der Waals surface area contributed by atoms with Gasteiger partial charge in [0.2, 0.25) is 0 Å². The van der Waals surface area contributed by atoms with Gasteiger partial charge in [-0.15, -0.1) is 0 Å². The molecule has 82 valence electrons. The smallest absolute Gasteiger partial charge is 0.336 e. The third-order valence-electron chi connectivity index (χ3n) is 3.14. The van der Waals surface area contributed by atoms with Gasteiger partial charge in [-0.1, -0.05) is 13.3 Å². The van der Waals surface area contributed by atoms with Gasteiger partial charge in [-0.25, -0.2) is 4.79 Å². The van der Waals surface area contributed by atoms with Crippen molar-refractivity contribution in [1.29, 1.82) is 0 Å². The zero-order valence-electron chi connectivity index (χ0n) is 9.06. The Hall–Kier alpha value is -0.610. The van der Waals surface area contributed by atoms with Crippen LogP contribution in [0.3, 0.4) is 0 Å². The van der Waals surface area contributed by atoms with Crippen LogP contribution in [-0.4, -0.2) is 48.8 Å². The van der Waals surface area contributed by atoms with E-state index >= 15 is 0 Å². The van der Waals surface area contributed by atoms with Crippen molar-refractivity contribution in [2.75, 3.05) is 20.7 Å². The van der Waals surface area contributed by atoms with Crippen LogP contribution in [0.1, 0.15) is 19.8 Å². The quantitative estimate of drug-likeness (QED) is 0.665. The maximum Gasteiger partial charge on any atom is 0.336 e. The topological polar surface area (TPSA) is 49.8 Å². The number of carbonyl (C=O) groups is 1. The number of aliphatic hydroxyl groups excluding tert-OH is 1. The molecule has 0 aromatic rings. The molecule has 1 rings (SSSR count). The summed E-state index contributed by atoms with van der Waals surface area (Å²) in [6.07, 6.45) is 1.03. The second kappa shape index (κ2) is 4.75. The lowest BCUT2D eigenvalue weighted by molar-refractivity contribution is -0.154. The molecule has 1 heterocycles. The highest BCUT2D eigenvalue weighted by Gasteiger charge is 2.39. The van der Waals surface area contributed by atoms with Crippen LogP contribution < -0.4 is 0 Å². The van der Waals surface area contributed by atoms with Gasteiger partial charge in [0.05, 0.1) is 7.11 Å². The summed E-state index contributed by atoms with van der Waals surface area (Å²) < 4.78 is 4.55. The third kappa shape index (κ3) is 2.07. The first-order valence-corrected chi connectivity index (χ1v) is 5.08. The lowest BCUT2D eigenvalue weighted by Crippen LogP contribution is -2.45. The van der Waals surface area contributed by atoms with E-state index in [0.717, 1.165) is 19.4 Å². The van der Waals surface area contributed by atoms with Crippen LogP contribution in [0.4, 0.5) is 0 Å². The Morgan fingerprint density at radius 2 is 2.36 bits per heavy atom. The standard InChI is InChI=1S/C10H19NO3/c1-4-7-5-6-11(2)8(7)9(12)10(13)14-3/h7-9,12H,4-6H2,1-3H3/t7-,8+,9?/m1/s1. The van der Waals surface area contributed by atoms with Crippen molar-refractivity contribution in [2.24, 2.45) is 5.92 Å². The van der Waals surface area contributed by atoms with Gasteiger partial charge in [0.15, 0.2) is 6.10 Å². The number of hydrogen-bond acceptors (Lipinski definition) is 4. The summed E-state index contributed by atoms with van der Waals surface area (Å²) in [7, 11) is 3.24. The lowest BCUT2D eigenvalue weighted by atomic mass is 9.93. The number of ether oxygens (including phenoxy) is 1. The molecule has 14 heavy (non-hydrogen) atoms. The van der Waals surface area contributed by atoms with Crippen LogP contribution in [-0.2, 0) is 9.53 Å². The zero-order valence-corrected chi connectivity index (χ0v) is 9.06. The van der Waals surface area contributed by atoms with E-state index in [9.17, 15) is 9.90 Å². The van der Waals surface area contributed by atoms with E-state index in [1.165, 1.54) is 7.11 Å². The second-order valence-electron chi connectivity index (χ2n) is 3.90. The number of esters is 1. The van der Waals surface area contributed by atoms with Crippen molar-refractivity contribution in [2.45, 2.75) is 31.9 Å². The molecule has 1 aliphatic heterocycles. The molecule has 0 amide bonds. The molecule has 0 bridgehead atoms. The molecule has 4 heteroatoms. The monoisotopic (exact) mass is 201 g/mol. The fraction of sp³-hybridized carbons (Fsp3) is 0.900. The number of carbonyl (C=O) groups excluding carboxylic acids is 1. The highest BCUT2D eigenvalue weighted by molar-refractivity contribution is 5.75. The Kier molecular flexibility index (Phi) is 3.89. The van der Waals surface area contributed by atoms with Gasteiger partial charge >= 0.3 is 5.97 Å². The molecule has 0 aliphatic carbocycles. The average Bonchev–Trinajstić information content (AvgIpc) is 2.57. The summed E-state index contributed by atoms with van der Waals surface area (Å²) in [5.41, 5.74) is 0.